The third-order valence-corrected chi connectivity index (χ3v) is 5.32. The lowest BCUT2D eigenvalue weighted by Gasteiger charge is -2.37. The van der Waals surface area contributed by atoms with Gasteiger partial charge in [0.25, 0.3) is 0 Å². The molecular weight excluding hydrogens is 316 g/mol. The molecule has 2 heterocycles. The molecule has 2 aliphatic rings. The van der Waals surface area contributed by atoms with Crippen LogP contribution in [0.15, 0.2) is 30.3 Å². The summed E-state index contributed by atoms with van der Waals surface area (Å²) >= 11 is 0. The fourth-order valence-electron chi connectivity index (χ4n) is 4.08. The quantitative estimate of drug-likeness (QED) is 0.738. The first-order valence-corrected chi connectivity index (χ1v) is 9.07. The number of hydrogen-bond acceptors (Lipinski definition) is 4. The average molecular weight is 340 g/mol. The van der Waals surface area contributed by atoms with Crippen molar-refractivity contribution in [1.29, 1.82) is 5.26 Å². The zero-order valence-electron chi connectivity index (χ0n) is 14.4. The van der Waals surface area contributed by atoms with Gasteiger partial charge in [0.05, 0.1) is 6.07 Å². The molecule has 2 fully saturated rings. The number of ether oxygens (including phenoxy) is 1. The largest absolute Gasteiger partial charge is 0.445 e. The van der Waals surface area contributed by atoms with Crippen LogP contribution in [0.1, 0.15) is 50.5 Å². The van der Waals surface area contributed by atoms with Crippen LogP contribution in [-0.4, -0.2) is 28.9 Å². The normalized spacial score (nSPS) is 24.6. The highest BCUT2D eigenvalue weighted by molar-refractivity contribution is 5.81. The van der Waals surface area contributed by atoms with Gasteiger partial charge in [-0.1, -0.05) is 30.3 Å². The molecule has 2 unspecified atom stereocenters. The van der Waals surface area contributed by atoms with E-state index in [1.165, 1.54) is 0 Å². The molecule has 1 aromatic carbocycles. The number of ketones is 1. The second-order valence-corrected chi connectivity index (χ2v) is 6.98. The molecule has 5 heteroatoms. The monoisotopic (exact) mass is 340 g/mol. The number of rotatable bonds is 6. The van der Waals surface area contributed by atoms with Crippen molar-refractivity contribution in [2.75, 3.05) is 0 Å². The third kappa shape index (κ3) is 4.19. The van der Waals surface area contributed by atoms with E-state index in [1.807, 2.05) is 35.2 Å². The summed E-state index contributed by atoms with van der Waals surface area (Å²) in [6, 6.07) is 12.0. The Morgan fingerprint density at radius 1 is 1.16 bits per heavy atom. The van der Waals surface area contributed by atoms with E-state index in [9.17, 15) is 9.59 Å². The molecule has 0 N–H and O–H groups in total. The molecule has 0 aliphatic carbocycles. The van der Waals surface area contributed by atoms with Crippen molar-refractivity contribution in [3.05, 3.63) is 35.9 Å². The third-order valence-electron chi connectivity index (χ3n) is 5.32. The second kappa shape index (κ2) is 8.15. The Bertz CT molecular complexity index is 639. The fourth-order valence-corrected chi connectivity index (χ4v) is 4.08. The molecule has 5 nitrogen and oxygen atoms in total. The second-order valence-electron chi connectivity index (χ2n) is 6.98. The molecule has 0 radical (unpaired) electrons. The Labute approximate surface area is 148 Å². The van der Waals surface area contributed by atoms with Crippen LogP contribution in [0.2, 0.25) is 0 Å². The van der Waals surface area contributed by atoms with Crippen LogP contribution in [0, 0.1) is 17.2 Å². The lowest BCUT2D eigenvalue weighted by atomic mass is 9.86. The lowest BCUT2D eigenvalue weighted by Crippen LogP contribution is -2.48. The average Bonchev–Trinajstić information content (AvgIpc) is 2.90. The van der Waals surface area contributed by atoms with Gasteiger partial charge < -0.3 is 9.64 Å². The number of carbonyl (C=O) groups is 2. The summed E-state index contributed by atoms with van der Waals surface area (Å²) in [4.78, 5) is 26.7. The lowest BCUT2D eigenvalue weighted by molar-refractivity contribution is -0.125. The summed E-state index contributed by atoms with van der Waals surface area (Å²) in [5.74, 6) is 0.291. The topological polar surface area (TPSA) is 70.4 Å². The predicted octanol–water partition coefficient (Wildman–Crippen LogP) is 3.83. The number of nitriles is 1. The van der Waals surface area contributed by atoms with Gasteiger partial charge in [-0.3, -0.25) is 4.79 Å². The molecule has 0 aromatic heterocycles. The van der Waals surface area contributed by atoms with E-state index in [1.54, 1.807) is 0 Å². The van der Waals surface area contributed by atoms with Gasteiger partial charge in [0.2, 0.25) is 0 Å². The smallest absolute Gasteiger partial charge is 0.410 e. The van der Waals surface area contributed by atoms with Gasteiger partial charge in [-0.15, -0.1) is 0 Å². The highest BCUT2D eigenvalue weighted by atomic mass is 16.6. The van der Waals surface area contributed by atoms with Gasteiger partial charge in [-0.05, 0) is 37.7 Å². The van der Waals surface area contributed by atoms with E-state index >= 15 is 0 Å². The minimum Gasteiger partial charge on any atom is -0.445 e. The maximum atomic E-state index is 12.5. The van der Waals surface area contributed by atoms with Crippen LogP contribution in [0.5, 0.6) is 0 Å². The molecule has 2 atom stereocenters. The van der Waals surface area contributed by atoms with Crippen molar-refractivity contribution in [2.24, 2.45) is 5.92 Å². The standard InChI is InChI=1S/C20H24N2O3/c21-11-5-4-8-19(23)16-12-17-9-10-18(13-16)22(17)20(24)25-14-15-6-2-1-3-7-15/h1-3,6-7,16-18H,4-5,8-10,12-14H2. The first kappa shape index (κ1) is 17.5. The van der Waals surface area contributed by atoms with Gasteiger partial charge in [0, 0.05) is 30.8 Å². The maximum absolute atomic E-state index is 12.5. The van der Waals surface area contributed by atoms with E-state index in [-0.39, 0.29) is 36.5 Å². The van der Waals surface area contributed by atoms with E-state index in [4.69, 9.17) is 10.00 Å². The van der Waals surface area contributed by atoms with Gasteiger partial charge >= 0.3 is 6.09 Å². The highest BCUT2D eigenvalue weighted by Gasteiger charge is 2.45. The van der Waals surface area contributed by atoms with Crippen molar-refractivity contribution in [3.63, 3.8) is 0 Å². The summed E-state index contributed by atoms with van der Waals surface area (Å²) in [6.07, 6.45) is 4.68. The number of amides is 1. The molecule has 1 aromatic rings. The van der Waals surface area contributed by atoms with Crippen LogP contribution < -0.4 is 0 Å². The van der Waals surface area contributed by atoms with Crippen LogP contribution in [0.3, 0.4) is 0 Å². The number of nitrogens with zero attached hydrogens (tertiary/aromatic N) is 2. The number of benzene rings is 1. The molecule has 3 rings (SSSR count). The molecule has 1 amide bonds. The van der Waals surface area contributed by atoms with Gasteiger partial charge in [0.15, 0.2) is 0 Å². The highest BCUT2D eigenvalue weighted by Crippen LogP contribution is 2.40. The molecule has 0 spiro atoms. The van der Waals surface area contributed by atoms with Gasteiger partial charge in [-0.2, -0.15) is 5.26 Å². The first-order chi connectivity index (χ1) is 12.2. The zero-order valence-corrected chi connectivity index (χ0v) is 14.4. The van der Waals surface area contributed by atoms with Crippen LogP contribution in [0.25, 0.3) is 0 Å². The Kier molecular flexibility index (Phi) is 5.70. The minimum atomic E-state index is -0.258. The molecule has 0 saturated carbocycles. The number of Topliss-reactive ketones (excluding diaryl/α,β-unsaturated/α-hetero) is 1. The van der Waals surface area contributed by atoms with Crippen LogP contribution in [-0.2, 0) is 16.1 Å². The van der Waals surface area contributed by atoms with E-state index in [0.717, 1.165) is 31.2 Å². The number of fused-ring (bicyclic) bond motifs is 2. The molecule has 2 aliphatic heterocycles. The summed E-state index contributed by atoms with van der Waals surface area (Å²) in [6.45, 7) is 0.284. The van der Waals surface area contributed by atoms with Gasteiger partial charge in [0.1, 0.15) is 12.4 Å². The first-order valence-electron chi connectivity index (χ1n) is 9.07. The Hall–Kier alpha value is -2.35. The van der Waals surface area contributed by atoms with Crippen molar-refractivity contribution in [3.8, 4) is 6.07 Å². The molecule has 132 valence electrons. The molecular formula is C20H24N2O3. The minimum absolute atomic E-state index is 0.0365. The van der Waals surface area contributed by atoms with Crippen molar-refractivity contribution >= 4 is 11.9 Å². The maximum Gasteiger partial charge on any atom is 0.410 e. The SMILES string of the molecule is N#CCCCC(=O)C1CC2CCC(C1)N2C(=O)OCc1ccccc1. The summed E-state index contributed by atoms with van der Waals surface area (Å²) < 4.78 is 5.49. The van der Waals surface area contributed by atoms with E-state index < -0.39 is 0 Å². The van der Waals surface area contributed by atoms with Crippen molar-refractivity contribution in [1.82, 2.24) is 4.90 Å². The van der Waals surface area contributed by atoms with E-state index in [0.29, 0.717) is 19.3 Å². The summed E-state index contributed by atoms with van der Waals surface area (Å²) in [5, 5.41) is 8.59. The number of hydrogen-bond donors (Lipinski definition) is 0. The Morgan fingerprint density at radius 3 is 2.48 bits per heavy atom. The van der Waals surface area contributed by atoms with E-state index in [2.05, 4.69) is 6.07 Å². The van der Waals surface area contributed by atoms with Gasteiger partial charge in [-0.25, -0.2) is 4.79 Å². The van der Waals surface area contributed by atoms with Crippen LogP contribution >= 0.6 is 0 Å². The summed E-state index contributed by atoms with van der Waals surface area (Å²) in [5.41, 5.74) is 0.978. The Morgan fingerprint density at radius 2 is 1.84 bits per heavy atom. The Balaban J connectivity index is 1.53. The van der Waals surface area contributed by atoms with Crippen molar-refractivity contribution in [2.45, 2.75) is 63.6 Å². The molecule has 2 bridgehead atoms. The summed E-state index contributed by atoms with van der Waals surface area (Å²) in [7, 11) is 0. The fraction of sp³-hybridized carbons (Fsp3) is 0.550. The van der Waals surface area contributed by atoms with Crippen LogP contribution in [0.4, 0.5) is 4.79 Å². The predicted molar refractivity (Wildman–Crippen MR) is 92.5 cm³/mol. The number of piperidine rings is 1. The van der Waals surface area contributed by atoms with Crippen molar-refractivity contribution < 1.29 is 14.3 Å². The molecule has 2 saturated heterocycles. The number of carbonyl (C=O) groups excluding carboxylic acids is 2. The zero-order chi connectivity index (χ0) is 17.6. The number of unbranched alkanes of at least 4 members (excludes halogenated alkanes) is 1. The molecule has 25 heavy (non-hydrogen) atoms.